The van der Waals surface area contributed by atoms with Gasteiger partial charge in [-0.1, -0.05) is 41.4 Å². The summed E-state index contributed by atoms with van der Waals surface area (Å²) in [7, 11) is 0. The number of para-hydroxylation sites is 1. The van der Waals surface area contributed by atoms with Gasteiger partial charge in [0.1, 0.15) is 5.75 Å². The van der Waals surface area contributed by atoms with Gasteiger partial charge >= 0.3 is 5.97 Å². The van der Waals surface area contributed by atoms with Gasteiger partial charge < -0.3 is 14.6 Å². The Kier molecular flexibility index (Phi) is 6.01. The molecule has 0 aliphatic heterocycles. The SMILES string of the molecule is CCOC(=O)c1nn(-c2ccccc2)c(Oc2cc(Cl)cc(Cl)c2)c1CO. The highest BCUT2D eigenvalue weighted by Crippen LogP contribution is 2.33. The summed E-state index contributed by atoms with van der Waals surface area (Å²) in [5.41, 5.74) is 0.825. The molecule has 0 saturated heterocycles. The minimum atomic E-state index is -0.648. The van der Waals surface area contributed by atoms with Gasteiger partial charge in [-0.05, 0) is 37.3 Å². The topological polar surface area (TPSA) is 73.6 Å². The van der Waals surface area contributed by atoms with E-state index in [1.165, 1.54) is 4.68 Å². The van der Waals surface area contributed by atoms with Gasteiger partial charge in [-0.2, -0.15) is 9.78 Å². The van der Waals surface area contributed by atoms with E-state index in [-0.39, 0.29) is 23.7 Å². The number of hydrogen-bond acceptors (Lipinski definition) is 5. The van der Waals surface area contributed by atoms with Crippen molar-refractivity contribution in [2.45, 2.75) is 13.5 Å². The molecule has 1 heterocycles. The first-order valence-electron chi connectivity index (χ1n) is 8.12. The first-order chi connectivity index (χ1) is 13.0. The molecule has 140 valence electrons. The van der Waals surface area contributed by atoms with E-state index in [2.05, 4.69) is 5.10 Å². The number of nitrogens with zero attached hydrogens (tertiary/aromatic N) is 2. The van der Waals surface area contributed by atoms with Crippen LogP contribution in [0.3, 0.4) is 0 Å². The predicted octanol–water partition coefficient (Wildman–Crippen LogP) is 4.64. The van der Waals surface area contributed by atoms with Crippen LogP contribution in [0.1, 0.15) is 23.0 Å². The number of halogens is 2. The monoisotopic (exact) mass is 406 g/mol. The van der Waals surface area contributed by atoms with E-state index in [1.807, 2.05) is 18.2 Å². The van der Waals surface area contributed by atoms with Crippen molar-refractivity contribution in [2.24, 2.45) is 0 Å². The molecule has 1 N–H and O–H groups in total. The Hall–Kier alpha value is -2.54. The zero-order valence-electron chi connectivity index (χ0n) is 14.4. The second kappa shape index (κ2) is 8.43. The van der Waals surface area contributed by atoms with E-state index in [0.717, 1.165) is 0 Å². The molecule has 27 heavy (non-hydrogen) atoms. The van der Waals surface area contributed by atoms with Gasteiger partial charge in [0.15, 0.2) is 5.69 Å². The molecule has 2 aromatic carbocycles. The number of carbonyl (C=O) groups excluding carboxylic acids is 1. The highest BCUT2D eigenvalue weighted by atomic mass is 35.5. The van der Waals surface area contributed by atoms with Crippen molar-refractivity contribution in [3.63, 3.8) is 0 Å². The van der Waals surface area contributed by atoms with Crippen molar-refractivity contribution < 1.29 is 19.4 Å². The third-order valence-corrected chi connectivity index (χ3v) is 4.05. The lowest BCUT2D eigenvalue weighted by atomic mass is 10.2. The summed E-state index contributed by atoms with van der Waals surface area (Å²) in [6, 6.07) is 13.8. The Morgan fingerprint density at radius 1 is 1.15 bits per heavy atom. The van der Waals surface area contributed by atoms with Crippen molar-refractivity contribution in [1.82, 2.24) is 9.78 Å². The van der Waals surface area contributed by atoms with Crippen LogP contribution in [0, 0.1) is 0 Å². The zero-order chi connectivity index (χ0) is 19.4. The Bertz CT molecular complexity index is 938. The van der Waals surface area contributed by atoms with Crippen LogP contribution in [0.4, 0.5) is 0 Å². The molecule has 8 heteroatoms. The molecule has 0 radical (unpaired) electrons. The van der Waals surface area contributed by atoms with Gasteiger partial charge in [0.25, 0.3) is 0 Å². The summed E-state index contributed by atoms with van der Waals surface area (Å²) in [6.45, 7) is 1.41. The van der Waals surface area contributed by atoms with Gasteiger partial charge in [0.2, 0.25) is 5.88 Å². The number of aliphatic hydroxyl groups excluding tert-OH is 1. The maximum Gasteiger partial charge on any atom is 0.359 e. The van der Waals surface area contributed by atoms with Crippen LogP contribution in [-0.2, 0) is 11.3 Å². The van der Waals surface area contributed by atoms with Crippen LogP contribution in [0.15, 0.2) is 48.5 Å². The number of hydrogen-bond donors (Lipinski definition) is 1. The van der Waals surface area contributed by atoms with Gasteiger partial charge in [-0.15, -0.1) is 0 Å². The summed E-state index contributed by atoms with van der Waals surface area (Å²) in [5.74, 6) is -0.134. The number of ether oxygens (including phenoxy) is 2. The lowest BCUT2D eigenvalue weighted by Crippen LogP contribution is -2.08. The van der Waals surface area contributed by atoms with Crippen LogP contribution in [-0.4, -0.2) is 27.5 Å². The molecular formula is C19H16Cl2N2O4. The highest BCUT2D eigenvalue weighted by Gasteiger charge is 2.26. The van der Waals surface area contributed by atoms with Crippen molar-refractivity contribution in [2.75, 3.05) is 6.61 Å². The quantitative estimate of drug-likeness (QED) is 0.603. The third-order valence-electron chi connectivity index (χ3n) is 3.61. The zero-order valence-corrected chi connectivity index (χ0v) is 15.9. The van der Waals surface area contributed by atoms with Crippen molar-refractivity contribution in [1.29, 1.82) is 0 Å². The maximum atomic E-state index is 12.3. The Morgan fingerprint density at radius 2 is 1.81 bits per heavy atom. The molecule has 0 amide bonds. The highest BCUT2D eigenvalue weighted by molar-refractivity contribution is 6.34. The van der Waals surface area contributed by atoms with Gasteiger partial charge in [0, 0.05) is 10.0 Å². The average Bonchev–Trinajstić information content (AvgIpc) is 3.00. The summed E-state index contributed by atoms with van der Waals surface area (Å²) < 4.78 is 12.4. The summed E-state index contributed by atoms with van der Waals surface area (Å²) in [6.07, 6.45) is 0. The fourth-order valence-electron chi connectivity index (χ4n) is 2.49. The fourth-order valence-corrected chi connectivity index (χ4v) is 3.00. The number of carbonyl (C=O) groups is 1. The van der Waals surface area contributed by atoms with E-state index in [1.54, 1.807) is 37.3 Å². The van der Waals surface area contributed by atoms with Crippen molar-refractivity contribution >= 4 is 29.2 Å². The minimum absolute atomic E-state index is 0.0219. The fraction of sp³-hybridized carbons (Fsp3) is 0.158. The molecule has 0 spiro atoms. The minimum Gasteiger partial charge on any atom is -0.461 e. The molecule has 0 atom stereocenters. The van der Waals surface area contributed by atoms with Gasteiger partial charge in [-0.3, -0.25) is 0 Å². The molecule has 0 unspecified atom stereocenters. The van der Waals surface area contributed by atoms with Crippen molar-refractivity contribution in [3.8, 4) is 17.3 Å². The lowest BCUT2D eigenvalue weighted by molar-refractivity contribution is 0.0515. The Balaban J connectivity index is 2.15. The first-order valence-corrected chi connectivity index (χ1v) is 8.88. The summed E-state index contributed by atoms with van der Waals surface area (Å²) >= 11 is 12.1. The predicted molar refractivity (Wildman–Crippen MR) is 102 cm³/mol. The molecule has 3 rings (SSSR count). The number of aliphatic hydroxyl groups is 1. The largest absolute Gasteiger partial charge is 0.461 e. The van der Waals surface area contributed by atoms with E-state index in [0.29, 0.717) is 21.5 Å². The number of rotatable bonds is 6. The second-order valence-corrected chi connectivity index (χ2v) is 6.34. The summed E-state index contributed by atoms with van der Waals surface area (Å²) in [4.78, 5) is 12.3. The first kappa shape index (κ1) is 19.2. The van der Waals surface area contributed by atoms with E-state index >= 15 is 0 Å². The van der Waals surface area contributed by atoms with Crippen LogP contribution in [0.5, 0.6) is 11.6 Å². The van der Waals surface area contributed by atoms with E-state index < -0.39 is 12.6 Å². The third kappa shape index (κ3) is 4.24. The average molecular weight is 407 g/mol. The van der Waals surface area contributed by atoms with E-state index in [9.17, 15) is 9.90 Å². The molecular weight excluding hydrogens is 391 g/mol. The van der Waals surface area contributed by atoms with Crippen molar-refractivity contribution in [3.05, 3.63) is 69.8 Å². The normalized spacial score (nSPS) is 10.7. The number of benzene rings is 2. The van der Waals surface area contributed by atoms with Crippen LogP contribution >= 0.6 is 23.2 Å². The summed E-state index contributed by atoms with van der Waals surface area (Å²) in [5, 5.41) is 14.9. The second-order valence-electron chi connectivity index (χ2n) is 5.47. The lowest BCUT2D eigenvalue weighted by Gasteiger charge is -2.11. The number of esters is 1. The molecule has 0 saturated carbocycles. The molecule has 0 aliphatic carbocycles. The number of aromatic nitrogens is 2. The standard InChI is InChI=1S/C19H16Cl2N2O4/c1-2-26-19(25)17-16(11-24)18(23(22-17)14-6-4-3-5-7-14)27-15-9-12(20)8-13(21)10-15/h3-10,24H,2,11H2,1H3. The molecule has 0 aliphatic rings. The smallest absolute Gasteiger partial charge is 0.359 e. The molecule has 1 aromatic heterocycles. The molecule has 0 fully saturated rings. The Morgan fingerprint density at radius 3 is 2.41 bits per heavy atom. The molecule has 6 nitrogen and oxygen atoms in total. The van der Waals surface area contributed by atoms with E-state index in [4.69, 9.17) is 32.7 Å². The Labute approximate surface area is 165 Å². The molecule has 3 aromatic rings. The van der Waals surface area contributed by atoms with Gasteiger partial charge in [-0.25, -0.2) is 4.79 Å². The van der Waals surface area contributed by atoms with Crippen LogP contribution < -0.4 is 4.74 Å². The molecule has 0 bridgehead atoms. The van der Waals surface area contributed by atoms with Gasteiger partial charge in [0.05, 0.1) is 24.5 Å². The van der Waals surface area contributed by atoms with Crippen LogP contribution in [0.2, 0.25) is 10.0 Å². The van der Waals surface area contributed by atoms with Crippen LogP contribution in [0.25, 0.3) is 5.69 Å². The maximum absolute atomic E-state index is 12.3.